The molecule has 2 fully saturated rings. The third-order valence-corrected chi connectivity index (χ3v) is 6.13. The Labute approximate surface area is 127 Å². The zero-order valence-electron chi connectivity index (χ0n) is 14.2. The zero-order chi connectivity index (χ0) is 14.4. The van der Waals surface area contributed by atoms with E-state index in [2.05, 4.69) is 26.1 Å². The highest BCUT2D eigenvalue weighted by Gasteiger charge is 2.40. The van der Waals surface area contributed by atoms with Gasteiger partial charge in [-0.1, -0.05) is 52.9 Å². The van der Waals surface area contributed by atoms with Crippen molar-refractivity contribution in [3.8, 4) is 0 Å². The van der Waals surface area contributed by atoms with Gasteiger partial charge in [0.15, 0.2) is 0 Å². The largest absolute Gasteiger partial charge is 0.314 e. The molecule has 0 aliphatic heterocycles. The summed E-state index contributed by atoms with van der Waals surface area (Å²) in [5, 5.41) is 3.81. The number of rotatable bonds is 10. The van der Waals surface area contributed by atoms with E-state index in [4.69, 9.17) is 0 Å². The van der Waals surface area contributed by atoms with Crippen molar-refractivity contribution in [3.05, 3.63) is 0 Å². The first-order chi connectivity index (χ1) is 9.76. The lowest BCUT2D eigenvalue weighted by molar-refractivity contribution is 0.250. The van der Waals surface area contributed by atoms with E-state index in [-0.39, 0.29) is 0 Å². The summed E-state index contributed by atoms with van der Waals surface area (Å²) in [5.74, 6) is 4.21. The minimum absolute atomic E-state index is 0.797. The van der Waals surface area contributed by atoms with Gasteiger partial charge in [0.25, 0.3) is 0 Å². The second-order valence-electron chi connectivity index (χ2n) is 7.58. The Morgan fingerprint density at radius 2 is 1.95 bits per heavy atom. The molecule has 0 radical (unpaired) electrons. The molecule has 118 valence electrons. The fraction of sp³-hybridized carbons (Fsp3) is 1.00. The van der Waals surface area contributed by atoms with Gasteiger partial charge in [-0.05, 0) is 62.3 Å². The number of fused-ring (bicyclic) bond motifs is 2. The molecule has 0 spiro atoms. The topological polar surface area (TPSA) is 12.0 Å². The summed E-state index contributed by atoms with van der Waals surface area (Å²) in [7, 11) is 0. The second-order valence-corrected chi connectivity index (χ2v) is 7.58. The molecule has 0 saturated heterocycles. The van der Waals surface area contributed by atoms with Crippen molar-refractivity contribution in [1.29, 1.82) is 0 Å². The van der Waals surface area contributed by atoms with Crippen molar-refractivity contribution in [2.24, 2.45) is 23.7 Å². The van der Waals surface area contributed by atoms with E-state index < -0.39 is 0 Å². The Kier molecular flexibility index (Phi) is 6.87. The van der Waals surface area contributed by atoms with Crippen LogP contribution >= 0.6 is 0 Å². The highest BCUT2D eigenvalue weighted by molar-refractivity contribution is 4.92. The molecule has 1 nitrogen and oxygen atoms in total. The highest BCUT2D eigenvalue weighted by Crippen LogP contribution is 2.50. The van der Waals surface area contributed by atoms with E-state index >= 15 is 0 Å². The standard InChI is InChI=1S/C19H37N/c1-4-7-8-15(5-2)13-19(20-6-3)14-18-12-16-9-10-17(18)11-16/h15-20H,4-14H2,1-3H3. The first-order valence-electron chi connectivity index (χ1n) is 9.50. The van der Waals surface area contributed by atoms with Crippen molar-refractivity contribution < 1.29 is 0 Å². The Balaban J connectivity index is 1.79. The fourth-order valence-corrected chi connectivity index (χ4v) is 4.97. The molecule has 2 aliphatic carbocycles. The summed E-state index contributed by atoms with van der Waals surface area (Å²) in [5.41, 5.74) is 0. The van der Waals surface area contributed by atoms with Crippen LogP contribution in [0.5, 0.6) is 0 Å². The minimum atomic E-state index is 0.797. The van der Waals surface area contributed by atoms with Gasteiger partial charge in [-0.25, -0.2) is 0 Å². The van der Waals surface area contributed by atoms with Crippen molar-refractivity contribution >= 4 is 0 Å². The van der Waals surface area contributed by atoms with Crippen LogP contribution in [0, 0.1) is 23.7 Å². The molecule has 1 N–H and O–H groups in total. The van der Waals surface area contributed by atoms with Crippen LogP contribution in [0.25, 0.3) is 0 Å². The smallest absolute Gasteiger partial charge is 0.00723 e. The van der Waals surface area contributed by atoms with Gasteiger partial charge >= 0.3 is 0 Å². The summed E-state index contributed by atoms with van der Waals surface area (Å²) >= 11 is 0. The molecule has 0 amide bonds. The Hall–Kier alpha value is -0.0400. The van der Waals surface area contributed by atoms with E-state index in [1.807, 2.05) is 0 Å². The Bertz CT molecular complexity index is 262. The predicted octanol–water partition coefficient (Wildman–Crippen LogP) is 5.40. The summed E-state index contributed by atoms with van der Waals surface area (Å²) in [6.45, 7) is 8.14. The maximum Gasteiger partial charge on any atom is 0.00723 e. The lowest BCUT2D eigenvalue weighted by atomic mass is 9.81. The Morgan fingerprint density at radius 3 is 2.50 bits per heavy atom. The third kappa shape index (κ3) is 4.48. The average Bonchev–Trinajstić information content (AvgIpc) is 3.06. The SMILES string of the molecule is CCCCC(CC)CC(CC1CC2CCC1C2)NCC. The summed E-state index contributed by atoms with van der Waals surface area (Å²) < 4.78 is 0. The van der Waals surface area contributed by atoms with E-state index in [9.17, 15) is 0 Å². The van der Waals surface area contributed by atoms with Gasteiger partial charge in [0.05, 0.1) is 0 Å². The Morgan fingerprint density at radius 1 is 1.10 bits per heavy atom. The van der Waals surface area contributed by atoms with Crippen LogP contribution in [0.4, 0.5) is 0 Å². The molecular formula is C19H37N. The molecule has 0 heterocycles. The third-order valence-electron chi connectivity index (χ3n) is 6.13. The minimum Gasteiger partial charge on any atom is -0.314 e. The van der Waals surface area contributed by atoms with Crippen molar-refractivity contribution in [3.63, 3.8) is 0 Å². The molecule has 5 unspecified atom stereocenters. The normalized spacial score (nSPS) is 31.6. The predicted molar refractivity (Wildman–Crippen MR) is 88.9 cm³/mol. The first-order valence-corrected chi connectivity index (χ1v) is 9.50. The van der Waals surface area contributed by atoms with Crippen LogP contribution in [0.2, 0.25) is 0 Å². The fourth-order valence-electron chi connectivity index (χ4n) is 4.97. The number of hydrogen-bond acceptors (Lipinski definition) is 1. The van der Waals surface area contributed by atoms with Crippen LogP contribution in [-0.2, 0) is 0 Å². The van der Waals surface area contributed by atoms with E-state index in [0.717, 1.165) is 36.3 Å². The molecule has 0 aromatic rings. The van der Waals surface area contributed by atoms with Crippen LogP contribution in [0.3, 0.4) is 0 Å². The maximum absolute atomic E-state index is 3.81. The molecule has 20 heavy (non-hydrogen) atoms. The van der Waals surface area contributed by atoms with Crippen LogP contribution in [0.1, 0.15) is 85.0 Å². The first kappa shape index (κ1) is 16.3. The van der Waals surface area contributed by atoms with Gasteiger partial charge in [-0.2, -0.15) is 0 Å². The number of hydrogen-bond donors (Lipinski definition) is 1. The lowest BCUT2D eigenvalue weighted by Crippen LogP contribution is -2.34. The van der Waals surface area contributed by atoms with Gasteiger partial charge in [0.1, 0.15) is 0 Å². The molecule has 2 bridgehead atoms. The van der Waals surface area contributed by atoms with E-state index in [1.54, 1.807) is 25.7 Å². The van der Waals surface area contributed by atoms with Crippen LogP contribution < -0.4 is 5.32 Å². The summed E-state index contributed by atoms with van der Waals surface area (Å²) in [6, 6.07) is 0.797. The van der Waals surface area contributed by atoms with Gasteiger partial charge in [-0.3, -0.25) is 0 Å². The molecule has 2 saturated carbocycles. The summed E-state index contributed by atoms with van der Waals surface area (Å²) in [4.78, 5) is 0. The molecular weight excluding hydrogens is 242 g/mol. The molecule has 0 aromatic carbocycles. The molecule has 2 aliphatic rings. The second kappa shape index (κ2) is 8.41. The van der Waals surface area contributed by atoms with Gasteiger partial charge in [0, 0.05) is 6.04 Å². The molecule has 5 atom stereocenters. The number of nitrogens with one attached hydrogen (secondary N) is 1. The zero-order valence-corrected chi connectivity index (χ0v) is 14.2. The van der Waals surface area contributed by atoms with Gasteiger partial charge < -0.3 is 5.32 Å². The molecule has 1 heteroatoms. The summed E-state index contributed by atoms with van der Waals surface area (Å²) in [6.07, 6.45) is 14.7. The highest BCUT2D eigenvalue weighted by atomic mass is 14.9. The van der Waals surface area contributed by atoms with Crippen LogP contribution in [0.15, 0.2) is 0 Å². The van der Waals surface area contributed by atoms with Crippen molar-refractivity contribution in [1.82, 2.24) is 5.32 Å². The number of unbranched alkanes of at least 4 members (excludes halogenated alkanes) is 1. The lowest BCUT2D eigenvalue weighted by Gasteiger charge is -2.29. The molecule has 0 aromatic heterocycles. The van der Waals surface area contributed by atoms with Crippen molar-refractivity contribution in [2.45, 2.75) is 91.0 Å². The maximum atomic E-state index is 3.81. The quantitative estimate of drug-likeness (QED) is 0.565. The monoisotopic (exact) mass is 279 g/mol. The molecule has 2 rings (SSSR count). The van der Waals surface area contributed by atoms with Crippen LogP contribution in [-0.4, -0.2) is 12.6 Å². The van der Waals surface area contributed by atoms with Gasteiger partial charge in [0.2, 0.25) is 0 Å². The van der Waals surface area contributed by atoms with E-state index in [0.29, 0.717) is 0 Å². The van der Waals surface area contributed by atoms with E-state index in [1.165, 1.54) is 38.5 Å². The average molecular weight is 280 g/mol. The van der Waals surface area contributed by atoms with Crippen molar-refractivity contribution in [2.75, 3.05) is 6.54 Å². The van der Waals surface area contributed by atoms with Gasteiger partial charge in [-0.15, -0.1) is 0 Å².